The van der Waals surface area contributed by atoms with Gasteiger partial charge in [0, 0.05) is 12.6 Å². The number of nitrogens with zero attached hydrogens (tertiary/aromatic N) is 3. The van der Waals surface area contributed by atoms with Gasteiger partial charge in [0.15, 0.2) is 5.69 Å². The molecule has 7 heteroatoms. The molecule has 1 aromatic heterocycles. The van der Waals surface area contributed by atoms with Crippen molar-refractivity contribution in [3.63, 3.8) is 0 Å². The number of hydrogen-bond acceptors (Lipinski definition) is 4. The molecule has 0 fully saturated rings. The summed E-state index contributed by atoms with van der Waals surface area (Å²) < 4.78 is 20.0. The van der Waals surface area contributed by atoms with Crippen LogP contribution in [-0.2, 0) is 7.05 Å². The van der Waals surface area contributed by atoms with Crippen LogP contribution >= 0.6 is 0 Å². The van der Waals surface area contributed by atoms with Gasteiger partial charge in [-0.3, -0.25) is 9.48 Å². The molecule has 1 aliphatic heterocycles. The highest BCUT2D eigenvalue weighted by molar-refractivity contribution is 5.92. The molecule has 1 atom stereocenters. The number of fused-ring (bicyclic) bond motifs is 1. The highest BCUT2D eigenvalue weighted by Crippen LogP contribution is 2.32. The first kappa shape index (κ1) is 11.6. The van der Waals surface area contributed by atoms with E-state index in [2.05, 4.69) is 15.6 Å². The quantitative estimate of drug-likeness (QED) is 0.869. The molecule has 0 bridgehead atoms. The van der Waals surface area contributed by atoms with Crippen molar-refractivity contribution in [1.82, 2.24) is 20.3 Å². The van der Waals surface area contributed by atoms with Crippen LogP contribution in [0.4, 0.5) is 4.39 Å². The van der Waals surface area contributed by atoms with Gasteiger partial charge in [-0.05, 0) is 18.2 Å². The van der Waals surface area contributed by atoms with Crippen molar-refractivity contribution in [2.45, 2.75) is 6.04 Å². The summed E-state index contributed by atoms with van der Waals surface area (Å²) in [7, 11) is 1.67. The molecule has 3 rings (SSSR count). The van der Waals surface area contributed by atoms with E-state index in [1.54, 1.807) is 13.1 Å². The Kier molecular flexibility index (Phi) is 2.66. The third-order valence-corrected chi connectivity index (χ3v) is 2.89. The second-order valence-electron chi connectivity index (χ2n) is 4.30. The number of carbonyl (C=O) groups excluding carboxylic acids is 1. The fraction of sp³-hybridized carbons (Fsp3) is 0.250. The fourth-order valence-corrected chi connectivity index (χ4v) is 1.99. The minimum absolute atomic E-state index is 0.215. The van der Waals surface area contributed by atoms with Gasteiger partial charge >= 0.3 is 0 Å². The molecular weight excluding hydrogens is 251 g/mol. The summed E-state index contributed by atoms with van der Waals surface area (Å²) >= 11 is 0. The molecule has 0 aliphatic carbocycles. The Labute approximate surface area is 108 Å². The van der Waals surface area contributed by atoms with E-state index in [0.717, 1.165) is 0 Å². The normalized spacial score (nSPS) is 16.8. The van der Waals surface area contributed by atoms with Crippen LogP contribution in [0.25, 0.3) is 0 Å². The number of carbonyl (C=O) groups is 1. The number of hydrogen-bond donors (Lipinski definition) is 1. The molecule has 1 unspecified atom stereocenters. The fourth-order valence-electron chi connectivity index (χ4n) is 1.99. The Morgan fingerprint density at radius 2 is 2.42 bits per heavy atom. The number of ether oxygens (including phenoxy) is 1. The lowest BCUT2D eigenvalue weighted by molar-refractivity contribution is 0.0925. The van der Waals surface area contributed by atoms with Crippen LogP contribution in [0.5, 0.6) is 5.75 Å². The molecule has 1 N–H and O–H groups in total. The first-order valence-electron chi connectivity index (χ1n) is 5.73. The van der Waals surface area contributed by atoms with Crippen molar-refractivity contribution in [1.29, 1.82) is 0 Å². The van der Waals surface area contributed by atoms with Crippen molar-refractivity contribution >= 4 is 5.91 Å². The van der Waals surface area contributed by atoms with Crippen LogP contribution < -0.4 is 10.1 Å². The van der Waals surface area contributed by atoms with Gasteiger partial charge in [0.25, 0.3) is 5.91 Å². The van der Waals surface area contributed by atoms with E-state index in [1.165, 1.54) is 23.0 Å². The average Bonchev–Trinajstić information content (AvgIpc) is 2.97. The molecule has 2 heterocycles. The summed E-state index contributed by atoms with van der Waals surface area (Å²) in [4.78, 5) is 11.9. The van der Waals surface area contributed by atoms with Crippen LogP contribution in [-0.4, -0.2) is 27.5 Å². The zero-order valence-corrected chi connectivity index (χ0v) is 10.1. The van der Waals surface area contributed by atoms with Gasteiger partial charge in [-0.25, -0.2) is 4.39 Å². The lowest BCUT2D eigenvalue weighted by Gasteiger charge is -2.10. The molecule has 0 saturated heterocycles. The summed E-state index contributed by atoms with van der Waals surface area (Å²) in [5.41, 5.74) is 0.851. The second-order valence-corrected chi connectivity index (χ2v) is 4.30. The lowest BCUT2D eigenvalue weighted by atomic mass is 10.1. The molecule has 0 saturated carbocycles. The number of benzene rings is 1. The number of amides is 1. The van der Waals surface area contributed by atoms with E-state index < -0.39 is 0 Å². The molecule has 6 nitrogen and oxygen atoms in total. The standard InChI is InChI=1S/C12H11FN4O2/c1-17-5-9(15-16-17)12(18)14-10-6-19-11-3-2-7(13)4-8(10)11/h2-5,10H,6H2,1H3,(H,14,18). The Hall–Kier alpha value is -2.44. The Morgan fingerprint density at radius 3 is 3.16 bits per heavy atom. The van der Waals surface area contributed by atoms with E-state index in [0.29, 0.717) is 11.3 Å². The van der Waals surface area contributed by atoms with Crippen molar-refractivity contribution in [3.05, 3.63) is 41.5 Å². The maximum Gasteiger partial charge on any atom is 0.274 e. The van der Waals surface area contributed by atoms with Gasteiger partial charge in [0.05, 0.1) is 12.2 Å². The molecule has 1 aromatic carbocycles. The predicted molar refractivity (Wildman–Crippen MR) is 63.1 cm³/mol. The van der Waals surface area contributed by atoms with E-state index >= 15 is 0 Å². The summed E-state index contributed by atoms with van der Waals surface area (Å²) in [5, 5.41) is 10.1. The van der Waals surface area contributed by atoms with Crippen LogP contribution in [0.3, 0.4) is 0 Å². The molecule has 98 valence electrons. The summed E-state index contributed by atoms with van der Waals surface area (Å²) in [6.45, 7) is 0.283. The number of nitrogens with one attached hydrogen (secondary N) is 1. The predicted octanol–water partition coefficient (Wildman–Crippen LogP) is 0.818. The van der Waals surface area contributed by atoms with Crippen LogP contribution in [0, 0.1) is 5.82 Å². The van der Waals surface area contributed by atoms with Gasteiger partial charge in [0.1, 0.15) is 18.2 Å². The molecular formula is C12H11FN4O2. The van der Waals surface area contributed by atoms with Gasteiger partial charge in [0.2, 0.25) is 0 Å². The third-order valence-electron chi connectivity index (χ3n) is 2.89. The molecule has 1 aliphatic rings. The first-order valence-corrected chi connectivity index (χ1v) is 5.73. The molecule has 0 radical (unpaired) electrons. The smallest absolute Gasteiger partial charge is 0.274 e. The van der Waals surface area contributed by atoms with Crippen molar-refractivity contribution in [2.24, 2.45) is 7.05 Å². The Bertz CT molecular complexity index is 640. The Balaban J connectivity index is 1.79. The molecule has 19 heavy (non-hydrogen) atoms. The van der Waals surface area contributed by atoms with Gasteiger partial charge < -0.3 is 10.1 Å². The SMILES string of the molecule is Cn1cc(C(=O)NC2COc3ccc(F)cc32)nn1. The minimum atomic E-state index is -0.375. The second kappa shape index (κ2) is 4.34. The molecule has 0 spiro atoms. The number of rotatable bonds is 2. The van der Waals surface area contributed by atoms with Crippen molar-refractivity contribution < 1.29 is 13.9 Å². The average molecular weight is 262 g/mol. The van der Waals surface area contributed by atoms with Crippen molar-refractivity contribution in [2.75, 3.05) is 6.61 Å². The first-order chi connectivity index (χ1) is 9.13. The minimum Gasteiger partial charge on any atom is -0.491 e. The van der Waals surface area contributed by atoms with Crippen LogP contribution in [0.2, 0.25) is 0 Å². The summed E-state index contributed by atoms with van der Waals surface area (Å²) in [6.07, 6.45) is 1.51. The zero-order chi connectivity index (χ0) is 13.4. The molecule has 2 aromatic rings. The maximum absolute atomic E-state index is 13.2. The molecule has 1 amide bonds. The summed E-state index contributed by atoms with van der Waals surface area (Å²) in [5.74, 6) is -0.132. The number of aryl methyl sites for hydroxylation is 1. The lowest BCUT2D eigenvalue weighted by Crippen LogP contribution is -2.29. The number of halogens is 1. The highest BCUT2D eigenvalue weighted by Gasteiger charge is 2.27. The Morgan fingerprint density at radius 1 is 1.58 bits per heavy atom. The summed E-state index contributed by atoms with van der Waals surface area (Å²) in [6, 6.07) is 3.87. The van der Waals surface area contributed by atoms with Crippen LogP contribution in [0.1, 0.15) is 22.1 Å². The number of aromatic nitrogens is 3. The van der Waals surface area contributed by atoms with E-state index in [4.69, 9.17) is 4.74 Å². The monoisotopic (exact) mass is 262 g/mol. The largest absolute Gasteiger partial charge is 0.491 e. The highest BCUT2D eigenvalue weighted by atomic mass is 19.1. The van der Waals surface area contributed by atoms with Gasteiger partial charge in [-0.1, -0.05) is 5.21 Å². The van der Waals surface area contributed by atoms with Crippen LogP contribution in [0.15, 0.2) is 24.4 Å². The third kappa shape index (κ3) is 2.14. The van der Waals surface area contributed by atoms with E-state index in [9.17, 15) is 9.18 Å². The maximum atomic E-state index is 13.2. The van der Waals surface area contributed by atoms with E-state index in [-0.39, 0.29) is 30.1 Å². The van der Waals surface area contributed by atoms with Gasteiger partial charge in [-0.15, -0.1) is 5.10 Å². The van der Waals surface area contributed by atoms with E-state index in [1.807, 2.05) is 0 Å². The topological polar surface area (TPSA) is 69.0 Å². The zero-order valence-electron chi connectivity index (χ0n) is 10.1. The van der Waals surface area contributed by atoms with Crippen molar-refractivity contribution in [3.8, 4) is 5.75 Å². The van der Waals surface area contributed by atoms with Gasteiger partial charge in [-0.2, -0.15) is 0 Å².